The Morgan fingerprint density at radius 2 is 2.16 bits per heavy atom. The molecule has 0 aromatic carbocycles. The molecule has 0 radical (unpaired) electrons. The molecule has 0 amide bonds. The lowest BCUT2D eigenvalue weighted by molar-refractivity contribution is 0.145. The first-order valence-electron chi connectivity index (χ1n) is 7.69. The van der Waals surface area contributed by atoms with E-state index in [9.17, 15) is 0 Å². The number of rotatable bonds is 5. The molecule has 2 fully saturated rings. The highest BCUT2D eigenvalue weighted by Gasteiger charge is 2.29. The number of nitrogens with zero attached hydrogens (tertiary/aromatic N) is 2. The first-order valence-corrected chi connectivity index (χ1v) is 7.69. The number of halogens is 1. The Hall–Kier alpha value is 0.170. The summed E-state index contributed by atoms with van der Waals surface area (Å²) < 4.78 is 0. The third-order valence-corrected chi connectivity index (χ3v) is 4.87. The molecule has 2 unspecified atom stereocenters. The lowest BCUT2D eigenvalue weighted by Gasteiger charge is -2.35. The van der Waals surface area contributed by atoms with E-state index in [4.69, 9.17) is 0 Å². The van der Waals surface area contributed by atoms with Gasteiger partial charge in [0.25, 0.3) is 0 Å². The topological polar surface area (TPSA) is 18.5 Å². The van der Waals surface area contributed by atoms with Crippen molar-refractivity contribution in [3.8, 4) is 0 Å². The van der Waals surface area contributed by atoms with Gasteiger partial charge in [0.2, 0.25) is 0 Å². The van der Waals surface area contributed by atoms with Crippen LogP contribution in [0.25, 0.3) is 0 Å². The third kappa shape index (κ3) is 5.22. The minimum atomic E-state index is 0. The largest absolute Gasteiger partial charge is 0.316 e. The standard InChI is InChI=1S/C15H31N3.ClH/c1-15(8-9-16-12-15)13-17(2)11-7-14-6-4-5-10-18(14)3;/h14,16H,4-13H2,1-3H3;1H. The second-order valence-electron chi connectivity index (χ2n) is 6.89. The molecular weight excluding hydrogens is 258 g/mol. The van der Waals surface area contributed by atoms with Crippen molar-refractivity contribution in [1.82, 2.24) is 15.1 Å². The molecule has 0 aliphatic carbocycles. The van der Waals surface area contributed by atoms with Crippen LogP contribution in [0.2, 0.25) is 0 Å². The summed E-state index contributed by atoms with van der Waals surface area (Å²) in [4.78, 5) is 5.12. The first kappa shape index (κ1) is 17.2. The molecule has 2 aliphatic rings. The Balaban J connectivity index is 0.00000180. The fraction of sp³-hybridized carbons (Fsp3) is 1.00. The van der Waals surface area contributed by atoms with Gasteiger partial charge in [-0.1, -0.05) is 13.3 Å². The molecule has 4 heteroatoms. The average molecular weight is 290 g/mol. The van der Waals surface area contributed by atoms with Crippen molar-refractivity contribution in [2.45, 2.75) is 45.1 Å². The SMILES string of the molecule is CN(CCC1CCCCN1C)CC1(C)CCNC1.Cl. The van der Waals surface area contributed by atoms with Crippen molar-refractivity contribution < 1.29 is 0 Å². The second kappa shape index (κ2) is 7.82. The van der Waals surface area contributed by atoms with Gasteiger partial charge < -0.3 is 15.1 Å². The number of hydrogen-bond acceptors (Lipinski definition) is 3. The Bertz CT molecular complexity index is 254. The van der Waals surface area contributed by atoms with E-state index < -0.39 is 0 Å². The van der Waals surface area contributed by atoms with E-state index in [1.807, 2.05) is 0 Å². The lowest BCUT2D eigenvalue weighted by atomic mass is 9.89. The van der Waals surface area contributed by atoms with Gasteiger partial charge in [0.05, 0.1) is 0 Å². The molecule has 0 saturated carbocycles. The molecule has 2 saturated heterocycles. The van der Waals surface area contributed by atoms with E-state index in [2.05, 4.69) is 36.1 Å². The minimum absolute atomic E-state index is 0. The van der Waals surface area contributed by atoms with Crippen LogP contribution in [-0.4, -0.2) is 62.7 Å². The molecule has 2 rings (SSSR count). The number of hydrogen-bond donors (Lipinski definition) is 1. The van der Waals surface area contributed by atoms with Crippen molar-refractivity contribution in [2.24, 2.45) is 5.41 Å². The summed E-state index contributed by atoms with van der Waals surface area (Å²) in [5.41, 5.74) is 0.507. The van der Waals surface area contributed by atoms with Crippen LogP contribution < -0.4 is 5.32 Å². The fourth-order valence-electron chi connectivity index (χ4n) is 3.61. The van der Waals surface area contributed by atoms with E-state index in [0.717, 1.165) is 6.04 Å². The van der Waals surface area contributed by atoms with Gasteiger partial charge in [0.15, 0.2) is 0 Å². The van der Waals surface area contributed by atoms with Gasteiger partial charge in [-0.2, -0.15) is 0 Å². The van der Waals surface area contributed by atoms with Gasteiger partial charge in [0, 0.05) is 19.1 Å². The molecule has 2 atom stereocenters. The number of piperidine rings is 1. The van der Waals surface area contributed by atoms with Crippen LogP contribution in [0, 0.1) is 5.41 Å². The van der Waals surface area contributed by atoms with Crippen molar-refractivity contribution in [2.75, 3.05) is 46.8 Å². The molecule has 0 aromatic rings. The molecular formula is C15H32ClN3. The van der Waals surface area contributed by atoms with E-state index in [1.165, 1.54) is 64.8 Å². The minimum Gasteiger partial charge on any atom is -0.316 e. The first-order chi connectivity index (χ1) is 8.59. The Kier molecular flexibility index (Phi) is 7.09. The van der Waals surface area contributed by atoms with Gasteiger partial charge >= 0.3 is 0 Å². The van der Waals surface area contributed by atoms with E-state index in [1.54, 1.807) is 0 Å². The maximum atomic E-state index is 3.50. The molecule has 0 aromatic heterocycles. The lowest BCUT2D eigenvalue weighted by Crippen LogP contribution is -2.40. The quantitative estimate of drug-likeness (QED) is 0.837. The van der Waals surface area contributed by atoms with Gasteiger partial charge in [-0.25, -0.2) is 0 Å². The van der Waals surface area contributed by atoms with E-state index >= 15 is 0 Å². The van der Waals surface area contributed by atoms with Crippen molar-refractivity contribution >= 4 is 12.4 Å². The van der Waals surface area contributed by atoms with Crippen LogP contribution in [0.5, 0.6) is 0 Å². The molecule has 1 N–H and O–H groups in total. The highest BCUT2D eigenvalue weighted by Crippen LogP contribution is 2.25. The molecule has 19 heavy (non-hydrogen) atoms. The normalized spacial score (nSPS) is 32.5. The fourth-order valence-corrected chi connectivity index (χ4v) is 3.61. The predicted molar refractivity (Wildman–Crippen MR) is 85.2 cm³/mol. The summed E-state index contributed by atoms with van der Waals surface area (Å²) in [6, 6.07) is 0.829. The van der Waals surface area contributed by atoms with Crippen LogP contribution >= 0.6 is 12.4 Å². The highest BCUT2D eigenvalue weighted by atomic mass is 35.5. The van der Waals surface area contributed by atoms with Gasteiger partial charge in [-0.3, -0.25) is 0 Å². The van der Waals surface area contributed by atoms with E-state index in [0.29, 0.717) is 5.41 Å². The Labute approximate surface area is 125 Å². The molecule has 0 spiro atoms. The zero-order chi connectivity index (χ0) is 13.0. The van der Waals surface area contributed by atoms with Gasteiger partial charge in [-0.05, 0) is 64.8 Å². The Morgan fingerprint density at radius 1 is 1.37 bits per heavy atom. The average Bonchev–Trinajstić information content (AvgIpc) is 2.74. The van der Waals surface area contributed by atoms with E-state index in [-0.39, 0.29) is 12.4 Å². The highest BCUT2D eigenvalue weighted by molar-refractivity contribution is 5.85. The molecule has 0 bridgehead atoms. The van der Waals surface area contributed by atoms with Crippen LogP contribution in [0.15, 0.2) is 0 Å². The molecule has 3 nitrogen and oxygen atoms in total. The van der Waals surface area contributed by atoms with Crippen LogP contribution in [0.4, 0.5) is 0 Å². The molecule has 2 heterocycles. The maximum absolute atomic E-state index is 3.50. The number of nitrogens with one attached hydrogen (secondary N) is 1. The molecule has 114 valence electrons. The summed E-state index contributed by atoms with van der Waals surface area (Å²) >= 11 is 0. The Morgan fingerprint density at radius 3 is 2.79 bits per heavy atom. The summed E-state index contributed by atoms with van der Waals surface area (Å²) in [5.74, 6) is 0. The summed E-state index contributed by atoms with van der Waals surface area (Å²) in [5, 5.41) is 3.50. The van der Waals surface area contributed by atoms with Crippen molar-refractivity contribution in [1.29, 1.82) is 0 Å². The number of likely N-dealkylation sites (tertiary alicyclic amines) is 1. The van der Waals surface area contributed by atoms with Gasteiger partial charge in [-0.15, -0.1) is 12.4 Å². The second-order valence-corrected chi connectivity index (χ2v) is 6.89. The van der Waals surface area contributed by atoms with Crippen LogP contribution in [0.1, 0.15) is 39.0 Å². The zero-order valence-electron chi connectivity index (χ0n) is 13.0. The van der Waals surface area contributed by atoms with Crippen molar-refractivity contribution in [3.63, 3.8) is 0 Å². The monoisotopic (exact) mass is 289 g/mol. The smallest absolute Gasteiger partial charge is 0.0104 e. The summed E-state index contributed by atoms with van der Waals surface area (Å²) in [6.45, 7) is 8.63. The molecule has 2 aliphatic heterocycles. The van der Waals surface area contributed by atoms with Crippen molar-refractivity contribution in [3.05, 3.63) is 0 Å². The predicted octanol–water partition coefficient (Wildman–Crippen LogP) is 2.21. The van der Waals surface area contributed by atoms with Crippen LogP contribution in [0.3, 0.4) is 0 Å². The van der Waals surface area contributed by atoms with Gasteiger partial charge in [0.1, 0.15) is 0 Å². The summed E-state index contributed by atoms with van der Waals surface area (Å²) in [7, 11) is 4.60. The summed E-state index contributed by atoms with van der Waals surface area (Å²) in [6.07, 6.45) is 6.91. The maximum Gasteiger partial charge on any atom is 0.0104 e. The zero-order valence-corrected chi connectivity index (χ0v) is 13.8. The van der Waals surface area contributed by atoms with Crippen LogP contribution in [-0.2, 0) is 0 Å². The third-order valence-electron chi connectivity index (χ3n) is 4.87.